The first kappa shape index (κ1) is 12.9. The molecule has 1 amide bonds. The molecular weight excluding hydrogens is 259 g/mol. The highest BCUT2D eigenvalue weighted by atomic mass is 19.1. The molecule has 0 saturated heterocycles. The summed E-state index contributed by atoms with van der Waals surface area (Å²) in [6, 6.07) is 3.68. The Labute approximate surface area is 106 Å². The van der Waals surface area contributed by atoms with Crippen LogP contribution in [0.15, 0.2) is 30.5 Å². The van der Waals surface area contributed by atoms with Crippen molar-refractivity contribution in [3.63, 3.8) is 0 Å². The number of nitrogens with two attached hydrogens (primary N) is 1. The number of pyridine rings is 1. The number of hydrogen-bond donors (Lipinski definition) is 2. The third-order valence-electron chi connectivity index (χ3n) is 2.26. The molecule has 7 heteroatoms. The van der Waals surface area contributed by atoms with Crippen LogP contribution in [0.25, 0.3) is 0 Å². The van der Waals surface area contributed by atoms with Gasteiger partial charge in [-0.2, -0.15) is 0 Å². The predicted molar refractivity (Wildman–Crippen MR) is 62.9 cm³/mol. The van der Waals surface area contributed by atoms with Crippen LogP contribution >= 0.6 is 0 Å². The number of nitrogens with zero attached hydrogens (tertiary/aromatic N) is 1. The molecule has 1 aromatic carbocycles. The highest BCUT2D eigenvalue weighted by Gasteiger charge is 2.19. The van der Waals surface area contributed by atoms with Gasteiger partial charge in [0.2, 0.25) is 0 Å². The smallest absolute Gasteiger partial charge is 0.262 e. The zero-order chi connectivity index (χ0) is 14.0. The van der Waals surface area contributed by atoms with Gasteiger partial charge in [0.15, 0.2) is 0 Å². The first-order valence-corrected chi connectivity index (χ1v) is 5.15. The van der Waals surface area contributed by atoms with Crippen LogP contribution in [0.4, 0.5) is 24.7 Å². The van der Waals surface area contributed by atoms with Crippen LogP contribution in [0.1, 0.15) is 10.4 Å². The van der Waals surface area contributed by atoms with Crippen molar-refractivity contribution >= 4 is 17.4 Å². The van der Waals surface area contributed by atoms with Crippen molar-refractivity contribution in [2.45, 2.75) is 0 Å². The van der Waals surface area contributed by atoms with E-state index in [1.165, 1.54) is 18.3 Å². The molecule has 0 spiro atoms. The molecule has 3 N–H and O–H groups in total. The average Bonchev–Trinajstić information content (AvgIpc) is 2.30. The molecule has 0 atom stereocenters. The summed E-state index contributed by atoms with van der Waals surface area (Å²) in [6.45, 7) is 0. The second-order valence-corrected chi connectivity index (χ2v) is 3.68. The molecule has 0 aliphatic heterocycles. The Bertz CT molecular complexity index is 606. The summed E-state index contributed by atoms with van der Waals surface area (Å²) in [5, 5.41) is 2.18. The van der Waals surface area contributed by atoms with Crippen molar-refractivity contribution in [2.24, 2.45) is 0 Å². The van der Waals surface area contributed by atoms with Crippen molar-refractivity contribution in [1.82, 2.24) is 4.98 Å². The fourth-order valence-electron chi connectivity index (χ4n) is 1.42. The molecule has 0 bridgehead atoms. The Kier molecular flexibility index (Phi) is 3.37. The molecule has 0 saturated carbocycles. The minimum atomic E-state index is -1.29. The van der Waals surface area contributed by atoms with E-state index in [1.807, 2.05) is 0 Å². The zero-order valence-corrected chi connectivity index (χ0v) is 9.45. The number of nitrogens with one attached hydrogen (secondary N) is 1. The van der Waals surface area contributed by atoms with Crippen molar-refractivity contribution in [2.75, 3.05) is 11.1 Å². The second-order valence-electron chi connectivity index (χ2n) is 3.68. The quantitative estimate of drug-likeness (QED) is 0.877. The number of carbonyl (C=O) groups excluding carboxylic acids is 1. The van der Waals surface area contributed by atoms with Crippen LogP contribution < -0.4 is 11.1 Å². The van der Waals surface area contributed by atoms with E-state index in [1.54, 1.807) is 0 Å². The second kappa shape index (κ2) is 4.97. The third kappa shape index (κ3) is 2.82. The van der Waals surface area contributed by atoms with Crippen LogP contribution in [0.5, 0.6) is 0 Å². The third-order valence-corrected chi connectivity index (χ3v) is 2.26. The van der Waals surface area contributed by atoms with E-state index in [9.17, 15) is 18.0 Å². The van der Waals surface area contributed by atoms with Crippen LogP contribution in [0.2, 0.25) is 0 Å². The van der Waals surface area contributed by atoms with Crippen molar-refractivity contribution in [1.29, 1.82) is 0 Å². The summed E-state index contributed by atoms with van der Waals surface area (Å²) in [5.41, 5.74) is 4.89. The van der Waals surface area contributed by atoms with Gasteiger partial charge in [0, 0.05) is 12.1 Å². The minimum absolute atomic E-state index is 0.0716. The number of rotatable bonds is 2. The lowest BCUT2D eigenvalue weighted by Gasteiger charge is -2.06. The van der Waals surface area contributed by atoms with Crippen molar-refractivity contribution in [3.05, 3.63) is 53.5 Å². The van der Waals surface area contributed by atoms with E-state index in [-0.39, 0.29) is 5.82 Å². The van der Waals surface area contributed by atoms with E-state index in [4.69, 9.17) is 5.73 Å². The standard InChI is InChI=1S/C12H8F3N3O/c13-6-3-8(14)11(9(15)4-6)12(19)18-10-2-1-7(16)5-17-10/h1-5H,16H2,(H,17,18,19). The topological polar surface area (TPSA) is 68.0 Å². The molecule has 19 heavy (non-hydrogen) atoms. The van der Waals surface area contributed by atoms with Gasteiger partial charge in [-0.3, -0.25) is 4.79 Å². The van der Waals surface area contributed by atoms with Gasteiger partial charge in [0.1, 0.15) is 28.8 Å². The number of anilines is 2. The fraction of sp³-hybridized carbons (Fsp3) is 0. The molecular formula is C12H8F3N3O. The molecule has 2 rings (SSSR count). The Morgan fingerprint density at radius 2 is 1.79 bits per heavy atom. The van der Waals surface area contributed by atoms with Gasteiger partial charge in [-0.15, -0.1) is 0 Å². The maximum Gasteiger partial charge on any atom is 0.262 e. The van der Waals surface area contributed by atoms with Crippen LogP contribution in [-0.2, 0) is 0 Å². The highest BCUT2D eigenvalue weighted by molar-refractivity contribution is 6.04. The van der Waals surface area contributed by atoms with Gasteiger partial charge in [0.25, 0.3) is 5.91 Å². The number of nitrogen functional groups attached to an aromatic ring is 1. The number of amides is 1. The Morgan fingerprint density at radius 3 is 2.32 bits per heavy atom. The van der Waals surface area contributed by atoms with Gasteiger partial charge in [-0.05, 0) is 12.1 Å². The number of carbonyl (C=O) groups is 1. The number of aromatic nitrogens is 1. The first-order chi connectivity index (χ1) is 8.97. The predicted octanol–water partition coefficient (Wildman–Crippen LogP) is 2.33. The highest BCUT2D eigenvalue weighted by Crippen LogP contribution is 2.16. The fourth-order valence-corrected chi connectivity index (χ4v) is 1.42. The van der Waals surface area contributed by atoms with Crippen molar-refractivity contribution in [3.8, 4) is 0 Å². The summed E-state index contributed by atoms with van der Waals surface area (Å²) < 4.78 is 39.4. The van der Waals surface area contributed by atoms with Gasteiger partial charge in [0.05, 0.1) is 11.9 Å². The van der Waals surface area contributed by atoms with E-state index >= 15 is 0 Å². The zero-order valence-electron chi connectivity index (χ0n) is 9.45. The number of benzene rings is 1. The average molecular weight is 267 g/mol. The SMILES string of the molecule is Nc1ccc(NC(=O)c2c(F)cc(F)cc2F)nc1. The Hall–Kier alpha value is -2.57. The summed E-state index contributed by atoms with van der Waals surface area (Å²) in [5.74, 6) is -4.66. The maximum atomic E-state index is 13.3. The number of hydrogen-bond acceptors (Lipinski definition) is 3. The molecule has 1 heterocycles. The van der Waals surface area contributed by atoms with E-state index in [0.717, 1.165) is 0 Å². The molecule has 0 radical (unpaired) electrons. The number of halogens is 3. The lowest BCUT2D eigenvalue weighted by atomic mass is 10.2. The van der Waals surface area contributed by atoms with E-state index in [2.05, 4.69) is 10.3 Å². The van der Waals surface area contributed by atoms with Gasteiger partial charge in [-0.1, -0.05) is 0 Å². The monoisotopic (exact) mass is 267 g/mol. The van der Waals surface area contributed by atoms with Crippen LogP contribution in [0, 0.1) is 17.5 Å². The molecule has 2 aromatic rings. The molecule has 1 aromatic heterocycles. The molecule has 0 fully saturated rings. The Morgan fingerprint density at radius 1 is 1.16 bits per heavy atom. The van der Waals surface area contributed by atoms with E-state index in [0.29, 0.717) is 17.8 Å². The van der Waals surface area contributed by atoms with Gasteiger partial charge < -0.3 is 11.1 Å². The molecule has 0 aliphatic carbocycles. The lowest BCUT2D eigenvalue weighted by molar-refractivity contribution is 0.101. The Balaban J connectivity index is 2.28. The summed E-state index contributed by atoms with van der Waals surface area (Å²) in [7, 11) is 0. The molecule has 4 nitrogen and oxygen atoms in total. The van der Waals surface area contributed by atoms with Crippen molar-refractivity contribution < 1.29 is 18.0 Å². The first-order valence-electron chi connectivity index (χ1n) is 5.15. The summed E-state index contributed by atoms with van der Waals surface area (Å²) in [6.07, 6.45) is 1.27. The van der Waals surface area contributed by atoms with E-state index < -0.39 is 28.9 Å². The van der Waals surface area contributed by atoms with Crippen LogP contribution in [-0.4, -0.2) is 10.9 Å². The van der Waals surface area contributed by atoms with Gasteiger partial charge in [-0.25, -0.2) is 18.2 Å². The summed E-state index contributed by atoms with van der Waals surface area (Å²) in [4.78, 5) is 15.4. The molecule has 0 unspecified atom stereocenters. The minimum Gasteiger partial charge on any atom is -0.397 e. The largest absolute Gasteiger partial charge is 0.397 e. The van der Waals surface area contributed by atoms with Gasteiger partial charge >= 0.3 is 0 Å². The molecule has 98 valence electrons. The lowest BCUT2D eigenvalue weighted by Crippen LogP contribution is -2.17. The van der Waals surface area contributed by atoms with Crippen LogP contribution in [0.3, 0.4) is 0 Å². The maximum absolute atomic E-state index is 13.3. The summed E-state index contributed by atoms with van der Waals surface area (Å²) >= 11 is 0. The molecule has 0 aliphatic rings. The normalized spacial score (nSPS) is 10.3.